The average Bonchev–Trinajstić information content (AvgIpc) is 3.97. The number of imide groups is 1. The summed E-state index contributed by atoms with van der Waals surface area (Å²) in [6.07, 6.45) is 5.64. The molecule has 74 heavy (non-hydrogen) atoms. The zero-order valence-electron chi connectivity index (χ0n) is 46.7. The van der Waals surface area contributed by atoms with E-state index in [0.29, 0.717) is 84.2 Å². The van der Waals surface area contributed by atoms with Gasteiger partial charge in [0.05, 0.1) is 42.7 Å². The van der Waals surface area contributed by atoms with E-state index in [-0.39, 0.29) is 66.0 Å². The molecule has 4 rings (SSSR count). The number of unbranched alkanes of at least 4 members (excludes halogenated alkanes) is 2. The van der Waals surface area contributed by atoms with Gasteiger partial charge in [-0.25, -0.2) is 4.79 Å². The summed E-state index contributed by atoms with van der Waals surface area (Å²) in [5, 5.41) is 6.06. The molecule has 414 valence electrons. The number of nitrogens with zero attached hydrogens (tertiary/aromatic N) is 5. The number of carbonyl (C=O) groups is 8. The second kappa shape index (κ2) is 28.6. The minimum Gasteiger partial charge on any atom is -0.458 e. The molecule has 18 heteroatoms. The quantitative estimate of drug-likeness (QED) is 0.0695. The summed E-state index contributed by atoms with van der Waals surface area (Å²) in [6, 6.07) is 6.04. The monoisotopic (exact) mass is 1040 g/mol. The lowest BCUT2D eigenvalue weighted by atomic mass is 9.89. The largest absolute Gasteiger partial charge is 0.458 e. The normalized spacial score (nSPS) is 19.7. The van der Waals surface area contributed by atoms with Gasteiger partial charge < -0.3 is 39.5 Å². The van der Waals surface area contributed by atoms with Gasteiger partial charge in [-0.3, -0.25) is 43.4 Å². The molecule has 0 saturated carbocycles. The third-order valence-electron chi connectivity index (χ3n) is 14.9. The Labute approximate surface area is 441 Å². The zero-order chi connectivity index (χ0) is 55.0. The molecule has 2 N–H and O–H groups in total. The SMILES string of the molecule is CC[C@H](C)[C@@H](C(CC(=O)N1CCC[C@H]1[C@H](OC)[C@@H](C)C(=O)N[C@@H](Cc1ccccc1)C(=O)OC(C)(C)C)OC)N(C)C(=O)[C@@H](NC(=O)[C@H](C(C)C)N1CCN(C(=O)CCCCCN2C(=O)C=CC2=O)CC1)C(C)C. The number of methoxy groups -OCH3 is 2. The van der Waals surface area contributed by atoms with Crippen molar-refractivity contribution in [3.63, 3.8) is 0 Å². The molecule has 1 aromatic rings. The van der Waals surface area contributed by atoms with E-state index < -0.39 is 65.8 Å². The van der Waals surface area contributed by atoms with E-state index in [1.165, 1.54) is 24.2 Å². The smallest absolute Gasteiger partial charge is 0.329 e. The van der Waals surface area contributed by atoms with Crippen molar-refractivity contribution in [1.29, 1.82) is 0 Å². The molecule has 0 bridgehead atoms. The van der Waals surface area contributed by atoms with Gasteiger partial charge in [-0.15, -0.1) is 0 Å². The third-order valence-corrected chi connectivity index (χ3v) is 14.9. The van der Waals surface area contributed by atoms with Crippen LogP contribution in [0.4, 0.5) is 0 Å². The van der Waals surface area contributed by atoms with E-state index in [9.17, 15) is 38.4 Å². The lowest BCUT2D eigenvalue weighted by molar-refractivity contribution is -0.159. The van der Waals surface area contributed by atoms with Gasteiger partial charge in [0.25, 0.3) is 11.8 Å². The Morgan fingerprint density at radius 3 is 1.97 bits per heavy atom. The number of piperazine rings is 1. The molecule has 1 aromatic carbocycles. The maximum Gasteiger partial charge on any atom is 0.329 e. The van der Waals surface area contributed by atoms with Gasteiger partial charge in [0.1, 0.15) is 17.7 Å². The number of carbonyl (C=O) groups excluding carboxylic acids is 8. The molecule has 2 fully saturated rings. The highest BCUT2D eigenvalue weighted by molar-refractivity contribution is 6.12. The van der Waals surface area contributed by atoms with E-state index in [1.54, 1.807) is 51.7 Å². The topological polar surface area (TPSA) is 205 Å². The number of esters is 1. The number of rotatable bonds is 27. The van der Waals surface area contributed by atoms with Crippen molar-refractivity contribution in [1.82, 2.24) is 35.1 Å². The number of nitrogens with one attached hydrogen (secondary N) is 2. The van der Waals surface area contributed by atoms with Crippen LogP contribution >= 0.6 is 0 Å². The first-order chi connectivity index (χ1) is 34.9. The maximum atomic E-state index is 14.7. The molecule has 18 nitrogen and oxygen atoms in total. The van der Waals surface area contributed by atoms with Crippen molar-refractivity contribution in [3.05, 3.63) is 48.0 Å². The summed E-state index contributed by atoms with van der Waals surface area (Å²) in [6.45, 7) is 21.6. The summed E-state index contributed by atoms with van der Waals surface area (Å²) >= 11 is 0. The van der Waals surface area contributed by atoms with Crippen LogP contribution < -0.4 is 10.6 Å². The summed E-state index contributed by atoms with van der Waals surface area (Å²) < 4.78 is 17.8. The molecular formula is C56H89N7O11. The van der Waals surface area contributed by atoms with Gasteiger partial charge in [-0.05, 0) is 69.8 Å². The summed E-state index contributed by atoms with van der Waals surface area (Å²) in [7, 11) is 4.78. The van der Waals surface area contributed by atoms with Crippen LogP contribution in [0.25, 0.3) is 0 Å². The van der Waals surface area contributed by atoms with Crippen LogP contribution in [0.15, 0.2) is 42.5 Å². The minimum atomic E-state index is -0.951. The molecule has 0 aliphatic carbocycles. The molecule has 0 spiro atoms. The van der Waals surface area contributed by atoms with Gasteiger partial charge in [0.2, 0.25) is 29.5 Å². The third kappa shape index (κ3) is 16.9. The minimum absolute atomic E-state index is 0.0328. The van der Waals surface area contributed by atoms with Gasteiger partial charge >= 0.3 is 5.97 Å². The highest BCUT2D eigenvalue weighted by atomic mass is 16.6. The molecule has 3 aliphatic rings. The highest BCUT2D eigenvalue weighted by Crippen LogP contribution is 2.30. The first kappa shape index (κ1) is 61.3. The first-order valence-corrected chi connectivity index (χ1v) is 27.0. The van der Waals surface area contributed by atoms with Crippen molar-refractivity contribution in [2.45, 2.75) is 175 Å². The van der Waals surface area contributed by atoms with E-state index >= 15 is 0 Å². The van der Waals surface area contributed by atoms with Crippen molar-refractivity contribution < 1.29 is 52.6 Å². The van der Waals surface area contributed by atoms with E-state index in [1.807, 2.05) is 76.8 Å². The summed E-state index contributed by atoms with van der Waals surface area (Å²) in [5.74, 6) is -3.51. The Kier molecular flexibility index (Phi) is 23.7. The van der Waals surface area contributed by atoms with Crippen LogP contribution in [0.2, 0.25) is 0 Å². The lowest BCUT2D eigenvalue weighted by Gasteiger charge is -2.42. The molecule has 0 aromatic heterocycles. The van der Waals surface area contributed by atoms with Crippen LogP contribution in [-0.2, 0) is 59.0 Å². The molecule has 0 radical (unpaired) electrons. The molecule has 1 unspecified atom stereocenters. The highest BCUT2D eigenvalue weighted by Gasteiger charge is 2.44. The summed E-state index contributed by atoms with van der Waals surface area (Å²) in [5.41, 5.74) is 0.0927. The van der Waals surface area contributed by atoms with Crippen LogP contribution in [0.5, 0.6) is 0 Å². The van der Waals surface area contributed by atoms with Gasteiger partial charge in [-0.2, -0.15) is 0 Å². The van der Waals surface area contributed by atoms with Crippen molar-refractivity contribution in [3.8, 4) is 0 Å². The number of hydrogen-bond acceptors (Lipinski definition) is 12. The van der Waals surface area contributed by atoms with E-state index in [4.69, 9.17) is 14.2 Å². The standard InChI is InChI=1S/C56H89N7O11/c1-14-38(6)50(43(72-12)35-47(67)62-29-21-24-42(62)51(73-13)39(7)52(68)57-41(55(71)74-56(8,9)10)34-40-22-17-15-18-23-40)59(11)54(70)48(36(2)3)58-53(69)49(37(4)5)61-32-30-60(31-33-61)44(64)25-19-16-20-28-63-45(65)26-27-46(63)66/h15,17-18,22-23,26-27,36-39,41-43,48-51H,14,16,19-21,24-25,28-35H2,1-13H3,(H,57,68)(H,58,69)/t38-,39+,41-,42-,43?,48-,49-,50-,51+/m0/s1. The Hall–Kier alpha value is -5.20. The number of amides is 7. The predicted octanol–water partition coefficient (Wildman–Crippen LogP) is 4.77. The van der Waals surface area contributed by atoms with Crippen LogP contribution in [0.1, 0.15) is 126 Å². The van der Waals surface area contributed by atoms with E-state index in [2.05, 4.69) is 15.5 Å². The van der Waals surface area contributed by atoms with Gasteiger partial charge in [0, 0.05) is 85.5 Å². The number of likely N-dealkylation sites (N-methyl/N-ethyl adjacent to an activating group) is 1. The fraction of sp³-hybridized carbons (Fsp3) is 0.714. The van der Waals surface area contributed by atoms with Gasteiger partial charge in [-0.1, -0.05) is 91.6 Å². The predicted molar refractivity (Wildman–Crippen MR) is 282 cm³/mol. The number of benzene rings is 1. The maximum absolute atomic E-state index is 14.7. The van der Waals surface area contributed by atoms with Crippen LogP contribution in [0.3, 0.4) is 0 Å². The zero-order valence-corrected chi connectivity index (χ0v) is 46.7. The molecule has 7 amide bonds. The van der Waals surface area contributed by atoms with Crippen LogP contribution in [0, 0.1) is 23.7 Å². The number of ether oxygens (including phenoxy) is 3. The fourth-order valence-corrected chi connectivity index (χ4v) is 10.7. The average molecular weight is 1040 g/mol. The molecule has 2 saturated heterocycles. The van der Waals surface area contributed by atoms with E-state index in [0.717, 1.165) is 5.56 Å². The molecule has 9 atom stereocenters. The summed E-state index contributed by atoms with van der Waals surface area (Å²) in [4.78, 5) is 116. The molecular weight excluding hydrogens is 947 g/mol. The molecule has 3 heterocycles. The van der Waals surface area contributed by atoms with Crippen LogP contribution in [-0.4, -0.2) is 180 Å². The first-order valence-electron chi connectivity index (χ1n) is 27.0. The Morgan fingerprint density at radius 2 is 1.42 bits per heavy atom. The van der Waals surface area contributed by atoms with Crippen molar-refractivity contribution >= 4 is 47.3 Å². The lowest BCUT2D eigenvalue weighted by Crippen LogP contribution is -2.62. The second-order valence-electron chi connectivity index (χ2n) is 22.2. The Balaban J connectivity index is 1.40. The van der Waals surface area contributed by atoms with Gasteiger partial charge in [0.15, 0.2) is 0 Å². The Morgan fingerprint density at radius 1 is 0.784 bits per heavy atom. The number of likely N-dealkylation sites (tertiary alicyclic amines) is 1. The van der Waals surface area contributed by atoms with Crippen molar-refractivity contribution in [2.75, 3.05) is 60.5 Å². The number of hydrogen-bond donors (Lipinski definition) is 2. The molecule has 3 aliphatic heterocycles. The fourth-order valence-electron chi connectivity index (χ4n) is 10.7. The van der Waals surface area contributed by atoms with Crippen molar-refractivity contribution in [2.24, 2.45) is 23.7 Å². The Bertz CT molecular complexity index is 2070. The second-order valence-corrected chi connectivity index (χ2v) is 22.2.